The number of nitrogens with zero attached hydrogens (tertiary/aromatic N) is 5. The van der Waals surface area contributed by atoms with Crippen molar-refractivity contribution in [2.75, 3.05) is 55.6 Å². The minimum atomic E-state index is -3.66. The van der Waals surface area contributed by atoms with Gasteiger partial charge in [-0.15, -0.1) is 0 Å². The summed E-state index contributed by atoms with van der Waals surface area (Å²) in [5.74, 6) is -0.567. The first-order valence-electron chi connectivity index (χ1n) is 12.2. The van der Waals surface area contributed by atoms with Crippen molar-refractivity contribution in [1.29, 1.82) is 0 Å². The van der Waals surface area contributed by atoms with Gasteiger partial charge in [-0.1, -0.05) is 23.2 Å². The maximum atomic E-state index is 13.6. The highest BCUT2D eigenvalue weighted by Gasteiger charge is 2.19. The van der Waals surface area contributed by atoms with E-state index >= 15 is 0 Å². The van der Waals surface area contributed by atoms with Crippen LogP contribution >= 0.6 is 23.2 Å². The van der Waals surface area contributed by atoms with Crippen molar-refractivity contribution in [2.24, 2.45) is 0 Å². The number of rotatable bonds is 8. The largest absolute Gasteiger partial charge is 0.354 e. The molecule has 9 nitrogen and oxygen atoms in total. The van der Waals surface area contributed by atoms with E-state index in [0.29, 0.717) is 40.2 Å². The van der Waals surface area contributed by atoms with Crippen molar-refractivity contribution in [3.63, 3.8) is 0 Å². The lowest BCUT2D eigenvalue weighted by Crippen LogP contribution is -2.46. The molecule has 204 valence electrons. The molecule has 0 amide bonds. The molecule has 3 aromatic heterocycles. The number of benzene rings is 1. The van der Waals surface area contributed by atoms with Crippen molar-refractivity contribution in [3.8, 4) is 11.3 Å². The van der Waals surface area contributed by atoms with Crippen LogP contribution in [0.3, 0.4) is 0 Å². The van der Waals surface area contributed by atoms with Crippen LogP contribution in [-0.4, -0.2) is 78.7 Å². The Kier molecular flexibility index (Phi) is 8.15. The molecule has 0 spiro atoms. The lowest BCUT2D eigenvalue weighted by molar-refractivity contribution is 0.161. The number of anilines is 3. The van der Waals surface area contributed by atoms with E-state index in [9.17, 15) is 12.8 Å². The Labute approximate surface area is 236 Å². The molecule has 1 aromatic carbocycles. The van der Waals surface area contributed by atoms with Gasteiger partial charge in [0.2, 0.25) is 10.0 Å². The molecule has 0 unspecified atom stereocenters. The summed E-state index contributed by atoms with van der Waals surface area (Å²) in [6.45, 7) is 3.92. The average molecular weight is 591 g/mol. The van der Waals surface area contributed by atoms with Crippen molar-refractivity contribution in [3.05, 3.63) is 70.9 Å². The normalized spacial score (nSPS) is 15.0. The van der Waals surface area contributed by atoms with E-state index in [0.717, 1.165) is 26.2 Å². The molecule has 1 fully saturated rings. The van der Waals surface area contributed by atoms with Crippen LogP contribution in [0.15, 0.2) is 54.9 Å². The predicted octanol–water partition coefficient (Wildman–Crippen LogP) is 4.87. The summed E-state index contributed by atoms with van der Waals surface area (Å²) in [4.78, 5) is 17.7. The van der Waals surface area contributed by atoms with E-state index in [4.69, 9.17) is 28.2 Å². The summed E-state index contributed by atoms with van der Waals surface area (Å²) in [6.07, 6.45) is 3.16. The van der Waals surface area contributed by atoms with Gasteiger partial charge in [0.15, 0.2) is 5.15 Å². The minimum Gasteiger partial charge on any atom is -0.354 e. The highest BCUT2D eigenvalue weighted by molar-refractivity contribution is 7.92. The number of hydrogen-bond donors (Lipinski definition) is 2. The molecule has 39 heavy (non-hydrogen) atoms. The van der Waals surface area contributed by atoms with Gasteiger partial charge in [0.05, 0.1) is 33.4 Å². The highest BCUT2D eigenvalue weighted by Crippen LogP contribution is 2.31. The maximum Gasteiger partial charge on any atom is 0.234 e. The predicted molar refractivity (Wildman–Crippen MR) is 154 cm³/mol. The smallest absolute Gasteiger partial charge is 0.234 e. The first kappa shape index (κ1) is 27.5. The topological polar surface area (TPSA) is 103 Å². The van der Waals surface area contributed by atoms with E-state index in [1.807, 2.05) is 0 Å². The summed E-state index contributed by atoms with van der Waals surface area (Å²) in [6, 6.07) is 11.3. The Hall–Kier alpha value is -3.09. The molecule has 0 aliphatic carbocycles. The third kappa shape index (κ3) is 6.74. The molecule has 0 radical (unpaired) electrons. The molecule has 2 N–H and O–H groups in total. The summed E-state index contributed by atoms with van der Waals surface area (Å²) < 4.78 is 41.9. The molecular weight excluding hydrogens is 564 g/mol. The molecule has 1 aliphatic rings. The fourth-order valence-corrected chi connectivity index (χ4v) is 5.69. The van der Waals surface area contributed by atoms with Crippen LogP contribution in [0.1, 0.15) is 0 Å². The molecular formula is C26H26Cl2FN7O2S. The van der Waals surface area contributed by atoms with E-state index in [-0.39, 0.29) is 21.6 Å². The van der Waals surface area contributed by atoms with Crippen molar-refractivity contribution in [2.45, 2.75) is 0 Å². The quantitative estimate of drug-likeness (QED) is 0.280. The van der Waals surface area contributed by atoms with E-state index < -0.39 is 15.8 Å². The molecule has 13 heteroatoms. The second kappa shape index (κ2) is 11.6. The van der Waals surface area contributed by atoms with Gasteiger partial charge < -0.3 is 10.2 Å². The molecule has 0 saturated carbocycles. The number of pyridine rings is 3. The van der Waals surface area contributed by atoms with Gasteiger partial charge in [-0.2, -0.15) is 0 Å². The second-order valence-corrected chi connectivity index (χ2v) is 11.9. The Morgan fingerprint density at radius 2 is 1.79 bits per heavy atom. The Bertz CT molecular complexity index is 1620. The number of likely N-dealkylation sites (N-methyl/N-ethyl adjacent to an activating group) is 1. The second-order valence-electron chi connectivity index (χ2n) is 9.30. The SMILES string of the molecule is CN1CCN(CCS(=O)(=O)Nc2cc(-c3ccc4nccc(Nc5ccc(F)c(Cl)c5)c4n3)cnc2Cl)CC1. The molecule has 1 aliphatic heterocycles. The van der Waals surface area contributed by atoms with Gasteiger partial charge in [-0.3, -0.25) is 14.6 Å². The van der Waals surface area contributed by atoms with Gasteiger partial charge >= 0.3 is 0 Å². The maximum absolute atomic E-state index is 13.6. The van der Waals surface area contributed by atoms with Crippen LogP contribution in [0.25, 0.3) is 22.3 Å². The highest BCUT2D eigenvalue weighted by atomic mass is 35.5. The van der Waals surface area contributed by atoms with E-state index in [1.54, 1.807) is 36.5 Å². The van der Waals surface area contributed by atoms with E-state index in [1.165, 1.54) is 18.3 Å². The lowest BCUT2D eigenvalue weighted by Gasteiger charge is -2.32. The first-order chi connectivity index (χ1) is 18.7. The van der Waals surface area contributed by atoms with Crippen LogP contribution in [0.5, 0.6) is 0 Å². The van der Waals surface area contributed by atoms with Crippen LogP contribution < -0.4 is 10.0 Å². The number of piperazine rings is 1. The zero-order chi connectivity index (χ0) is 27.6. The lowest BCUT2D eigenvalue weighted by atomic mass is 10.1. The average Bonchev–Trinajstić information content (AvgIpc) is 2.91. The zero-order valence-electron chi connectivity index (χ0n) is 21.0. The fraction of sp³-hybridized carbons (Fsp3) is 0.269. The van der Waals surface area contributed by atoms with Crippen LogP contribution in [0.2, 0.25) is 10.2 Å². The van der Waals surface area contributed by atoms with Gasteiger partial charge in [0.1, 0.15) is 11.3 Å². The molecule has 1 saturated heterocycles. The number of sulfonamides is 1. The minimum absolute atomic E-state index is 0.00207. The molecule has 4 aromatic rings. The van der Waals surface area contributed by atoms with Gasteiger partial charge in [0.25, 0.3) is 0 Å². The molecule has 4 heterocycles. The molecule has 0 atom stereocenters. The number of halogens is 3. The van der Waals surface area contributed by atoms with Crippen LogP contribution in [-0.2, 0) is 10.0 Å². The third-order valence-electron chi connectivity index (χ3n) is 6.45. The number of hydrogen-bond acceptors (Lipinski definition) is 8. The fourth-order valence-electron chi connectivity index (χ4n) is 4.22. The molecule has 5 rings (SSSR count). The summed E-state index contributed by atoms with van der Waals surface area (Å²) in [5, 5.41) is 3.24. The van der Waals surface area contributed by atoms with Crippen molar-refractivity contribution < 1.29 is 12.8 Å². The first-order valence-corrected chi connectivity index (χ1v) is 14.6. The Balaban J connectivity index is 1.37. The number of nitrogens with one attached hydrogen (secondary N) is 2. The Morgan fingerprint density at radius 1 is 1.00 bits per heavy atom. The summed E-state index contributed by atoms with van der Waals surface area (Å²) in [7, 11) is -1.61. The van der Waals surface area contributed by atoms with Gasteiger partial charge in [-0.05, 0) is 49.5 Å². The standard InChI is InChI=1S/C26H26Cl2FN7O2S/c1-35-8-10-36(11-9-35)12-13-39(37,38)34-24-14-17(16-31-26(24)28)21-4-5-22-25(33-21)23(6-7-30-22)32-18-2-3-20(29)19(27)15-18/h2-7,14-16,34H,8-13H2,1H3,(H,30,32). The van der Waals surface area contributed by atoms with Crippen LogP contribution in [0.4, 0.5) is 21.5 Å². The van der Waals surface area contributed by atoms with Crippen molar-refractivity contribution in [1.82, 2.24) is 24.8 Å². The zero-order valence-corrected chi connectivity index (χ0v) is 23.4. The number of aromatic nitrogens is 3. The molecule has 0 bridgehead atoms. The van der Waals surface area contributed by atoms with Gasteiger partial charge in [0, 0.05) is 56.4 Å². The monoisotopic (exact) mass is 589 g/mol. The van der Waals surface area contributed by atoms with Gasteiger partial charge in [-0.25, -0.2) is 22.8 Å². The van der Waals surface area contributed by atoms with E-state index in [2.05, 4.69) is 36.9 Å². The Morgan fingerprint density at radius 3 is 2.56 bits per heavy atom. The summed E-state index contributed by atoms with van der Waals surface area (Å²) >= 11 is 12.2. The number of fused-ring (bicyclic) bond motifs is 1. The van der Waals surface area contributed by atoms with Crippen molar-refractivity contribution >= 4 is 61.3 Å². The third-order valence-corrected chi connectivity index (χ3v) is 8.30. The van der Waals surface area contributed by atoms with Crippen LogP contribution in [0, 0.1) is 5.82 Å². The summed E-state index contributed by atoms with van der Waals surface area (Å²) in [5.41, 5.74) is 3.69.